The minimum absolute atomic E-state index is 0.0245. The summed E-state index contributed by atoms with van der Waals surface area (Å²) >= 11 is 0. The number of nitrogens with one attached hydrogen (secondary N) is 1. The highest BCUT2D eigenvalue weighted by molar-refractivity contribution is 7.89. The van der Waals surface area contributed by atoms with E-state index in [-0.39, 0.29) is 23.3 Å². The fourth-order valence-electron chi connectivity index (χ4n) is 3.25. The van der Waals surface area contributed by atoms with E-state index in [4.69, 9.17) is 0 Å². The Morgan fingerprint density at radius 1 is 1.22 bits per heavy atom. The number of aryl methyl sites for hydroxylation is 1. The number of halogens is 1. The first kappa shape index (κ1) is 19.5. The second kappa shape index (κ2) is 8.19. The third kappa shape index (κ3) is 4.93. The van der Waals surface area contributed by atoms with Crippen LogP contribution in [0.5, 0.6) is 0 Å². The fourth-order valence-corrected chi connectivity index (χ4v) is 4.36. The van der Waals surface area contributed by atoms with Gasteiger partial charge in [-0.05, 0) is 56.0 Å². The van der Waals surface area contributed by atoms with Crippen LogP contribution in [0.2, 0.25) is 0 Å². The number of hydrogen-bond acceptors (Lipinski definition) is 3. The van der Waals surface area contributed by atoms with Crippen molar-refractivity contribution < 1.29 is 17.6 Å². The molecule has 3 rings (SSSR count). The highest BCUT2D eigenvalue weighted by Crippen LogP contribution is 2.19. The van der Waals surface area contributed by atoms with Gasteiger partial charge in [0.05, 0.1) is 4.90 Å². The van der Waals surface area contributed by atoms with Gasteiger partial charge in [0.1, 0.15) is 5.82 Å². The molecule has 1 aliphatic heterocycles. The molecule has 1 heterocycles. The SMILES string of the molecule is Cc1ccc(S(=O)(=O)NCC2CCCN(C(=O)c3cccc(F)c3)C2)cc1. The van der Waals surface area contributed by atoms with E-state index in [1.54, 1.807) is 35.2 Å². The Balaban J connectivity index is 1.61. The summed E-state index contributed by atoms with van der Waals surface area (Å²) in [6.45, 7) is 3.21. The second-order valence-corrected chi connectivity index (χ2v) is 8.70. The molecule has 5 nitrogen and oxygen atoms in total. The molecule has 2 aromatic carbocycles. The quantitative estimate of drug-likeness (QED) is 0.854. The standard InChI is InChI=1S/C20H23FN2O3S/c1-15-7-9-19(10-8-15)27(25,26)22-13-16-4-3-11-23(14-16)20(24)17-5-2-6-18(21)12-17/h2,5-10,12,16,22H,3-4,11,13-14H2,1H3. The van der Waals surface area contributed by atoms with Gasteiger partial charge >= 0.3 is 0 Å². The van der Waals surface area contributed by atoms with Crippen molar-refractivity contribution in [1.82, 2.24) is 9.62 Å². The van der Waals surface area contributed by atoms with Gasteiger partial charge < -0.3 is 4.90 Å². The summed E-state index contributed by atoms with van der Waals surface area (Å²) in [6, 6.07) is 12.3. The largest absolute Gasteiger partial charge is 0.338 e. The number of amides is 1. The predicted octanol–water partition coefficient (Wildman–Crippen LogP) is 2.96. The third-order valence-corrected chi connectivity index (χ3v) is 6.21. The molecule has 0 bridgehead atoms. The van der Waals surface area contributed by atoms with Gasteiger partial charge in [0.2, 0.25) is 10.0 Å². The van der Waals surface area contributed by atoms with E-state index >= 15 is 0 Å². The van der Waals surface area contributed by atoms with Gasteiger partial charge in [-0.25, -0.2) is 17.5 Å². The normalized spacial score (nSPS) is 17.7. The van der Waals surface area contributed by atoms with Crippen LogP contribution in [0.3, 0.4) is 0 Å². The van der Waals surface area contributed by atoms with E-state index in [1.165, 1.54) is 18.2 Å². The highest BCUT2D eigenvalue weighted by atomic mass is 32.2. The van der Waals surface area contributed by atoms with E-state index in [0.29, 0.717) is 18.7 Å². The van der Waals surface area contributed by atoms with E-state index in [2.05, 4.69) is 4.72 Å². The molecule has 144 valence electrons. The Morgan fingerprint density at radius 2 is 1.96 bits per heavy atom. The molecule has 0 radical (unpaired) electrons. The van der Waals surface area contributed by atoms with E-state index in [0.717, 1.165) is 18.4 Å². The van der Waals surface area contributed by atoms with Crippen molar-refractivity contribution in [3.63, 3.8) is 0 Å². The van der Waals surface area contributed by atoms with Crippen LogP contribution in [0.1, 0.15) is 28.8 Å². The van der Waals surface area contributed by atoms with Gasteiger partial charge in [-0.2, -0.15) is 0 Å². The van der Waals surface area contributed by atoms with Crippen LogP contribution in [-0.2, 0) is 10.0 Å². The fraction of sp³-hybridized carbons (Fsp3) is 0.350. The zero-order valence-corrected chi connectivity index (χ0v) is 16.0. The average Bonchev–Trinajstić information content (AvgIpc) is 2.66. The lowest BCUT2D eigenvalue weighted by Gasteiger charge is -2.33. The molecule has 1 N–H and O–H groups in total. The number of piperidine rings is 1. The Labute approximate surface area is 159 Å². The predicted molar refractivity (Wildman–Crippen MR) is 101 cm³/mol. The summed E-state index contributed by atoms with van der Waals surface area (Å²) in [7, 11) is -3.57. The van der Waals surface area contributed by atoms with Gasteiger partial charge in [-0.3, -0.25) is 4.79 Å². The first-order valence-electron chi connectivity index (χ1n) is 8.96. The number of rotatable bonds is 5. The molecule has 0 spiro atoms. The molecule has 2 aromatic rings. The van der Waals surface area contributed by atoms with Crippen molar-refractivity contribution in [3.05, 3.63) is 65.5 Å². The molecular weight excluding hydrogens is 367 g/mol. The molecule has 1 fully saturated rings. The Bertz CT molecular complexity index is 913. The molecule has 0 aliphatic carbocycles. The molecule has 1 amide bonds. The number of sulfonamides is 1. The van der Waals surface area contributed by atoms with E-state index in [9.17, 15) is 17.6 Å². The van der Waals surface area contributed by atoms with Gasteiger partial charge in [-0.1, -0.05) is 23.8 Å². The minimum atomic E-state index is -3.57. The maximum Gasteiger partial charge on any atom is 0.253 e. The summed E-state index contributed by atoms with van der Waals surface area (Å²) in [5, 5.41) is 0. The topological polar surface area (TPSA) is 66.5 Å². The molecular formula is C20H23FN2O3S. The van der Waals surface area contributed by atoms with Crippen molar-refractivity contribution >= 4 is 15.9 Å². The molecule has 1 saturated heterocycles. The molecule has 1 unspecified atom stereocenters. The van der Waals surface area contributed by atoms with Crippen LogP contribution >= 0.6 is 0 Å². The molecule has 1 atom stereocenters. The Kier molecular flexibility index (Phi) is 5.92. The number of carbonyl (C=O) groups excluding carboxylic acids is 1. The van der Waals surface area contributed by atoms with Crippen molar-refractivity contribution in [2.24, 2.45) is 5.92 Å². The van der Waals surface area contributed by atoms with Crippen molar-refractivity contribution in [3.8, 4) is 0 Å². The maximum atomic E-state index is 13.4. The zero-order chi connectivity index (χ0) is 19.4. The lowest BCUT2D eigenvalue weighted by Crippen LogP contribution is -2.43. The molecule has 27 heavy (non-hydrogen) atoms. The molecule has 0 saturated carbocycles. The van der Waals surface area contributed by atoms with E-state index in [1.807, 2.05) is 6.92 Å². The monoisotopic (exact) mass is 390 g/mol. The summed E-state index contributed by atoms with van der Waals surface area (Å²) in [5.41, 5.74) is 1.31. The van der Waals surface area contributed by atoms with Crippen molar-refractivity contribution in [1.29, 1.82) is 0 Å². The van der Waals surface area contributed by atoms with Crippen LogP contribution in [0.25, 0.3) is 0 Å². The van der Waals surface area contributed by atoms with Crippen LogP contribution in [0.15, 0.2) is 53.4 Å². The summed E-state index contributed by atoms with van der Waals surface area (Å²) in [6.07, 6.45) is 1.63. The van der Waals surface area contributed by atoms with Gasteiger partial charge in [0.25, 0.3) is 5.91 Å². The first-order valence-corrected chi connectivity index (χ1v) is 10.4. The lowest BCUT2D eigenvalue weighted by molar-refractivity contribution is 0.0676. The van der Waals surface area contributed by atoms with Crippen LogP contribution in [0.4, 0.5) is 4.39 Å². The van der Waals surface area contributed by atoms with Crippen LogP contribution in [0, 0.1) is 18.7 Å². The maximum absolute atomic E-state index is 13.4. The Hall–Kier alpha value is -2.25. The average molecular weight is 390 g/mol. The van der Waals surface area contributed by atoms with Gasteiger partial charge in [-0.15, -0.1) is 0 Å². The van der Waals surface area contributed by atoms with Crippen LogP contribution in [-0.4, -0.2) is 38.9 Å². The minimum Gasteiger partial charge on any atom is -0.338 e. The van der Waals surface area contributed by atoms with Gasteiger partial charge in [0.15, 0.2) is 0 Å². The first-order chi connectivity index (χ1) is 12.8. The van der Waals surface area contributed by atoms with Crippen molar-refractivity contribution in [2.75, 3.05) is 19.6 Å². The van der Waals surface area contributed by atoms with Gasteiger partial charge in [0, 0.05) is 25.2 Å². The second-order valence-electron chi connectivity index (χ2n) is 6.93. The number of hydrogen-bond donors (Lipinski definition) is 1. The highest BCUT2D eigenvalue weighted by Gasteiger charge is 2.26. The lowest BCUT2D eigenvalue weighted by atomic mass is 9.97. The summed E-state index contributed by atoms with van der Waals surface area (Å²) < 4.78 is 40.9. The number of nitrogens with zero attached hydrogens (tertiary/aromatic N) is 1. The smallest absolute Gasteiger partial charge is 0.253 e. The number of benzene rings is 2. The Morgan fingerprint density at radius 3 is 2.67 bits per heavy atom. The number of likely N-dealkylation sites (tertiary alicyclic amines) is 1. The zero-order valence-electron chi connectivity index (χ0n) is 15.2. The molecule has 7 heteroatoms. The van der Waals surface area contributed by atoms with E-state index < -0.39 is 15.8 Å². The summed E-state index contributed by atoms with van der Waals surface area (Å²) in [5.74, 6) is -0.641. The summed E-state index contributed by atoms with van der Waals surface area (Å²) in [4.78, 5) is 14.5. The molecule has 1 aliphatic rings. The number of carbonyl (C=O) groups is 1. The van der Waals surface area contributed by atoms with Crippen molar-refractivity contribution in [2.45, 2.75) is 24.7 Å². The third-order valence-electron chi connectivity index (χ3n) is 4.77. The molecule has 0 aromatic heterocycles. The van der Waals surface area contributed by atoms with Crippen LogP contribution < -0.4 is 4.72 Å².